The Morgan fingerprint density at radius 3 is 2.83 bits per heavy atom. The van der Waals surface area contributed by atoms with Gasteiger partial charge in [0, 0.05) is 18.1 Å². The van der Waals surface area contributed by atoms with Gasteiger partial charge in [-0.1, -0.05) is 30.7 Å². The van der Waals surface area contributed by atoms with E-state index in [1.807, 2.05) is 12.1 Å². The predicted octanol–water partition coefficient (Wildman–Crippen LogP) is 2.81. The average Bonchev–Trinajstić information content (AvgIpc) is 2.84. The van der Waals surface area contributed by atoms with Gasteiger partial charge in [0.2, 0.25) is 0 Å². The van der Waals surface area contributed by atoms with Crippen LogP contribution < -0.4 is 5.32 Å². The lowest BCUT2D eigenvalue weighted by Crippen LogP contribution is -2.27. The van der Waals surface area contributed by atoms with E-state index in [1.165, 1.54) is 38.2 Å². The van der Waals surface area contributed by atoms with Crippen molar-refractivity contribution in [2.24, 2.45) is 5.92 Å². The molecular formula is C15H23ClN2. The minimum absolute atomic E-state index is 0.825. The highest BCUT2D eigenvalue weighted by molar-refractivity contribution is 6.30. The fourth-order valence-electron chi connectivity index (χ4n) is 2.57. The van der Waals surface area contributed by atoms with Crippen molar-refractivity contribution in [2.75, 3.05) is 32.7 Å². The van der Waals surface area contributed by atoms with Gasteiger partial charge in [0.1, 0.15) is 0 Å². The Hall–Kier alpha value is -0.570. The Morgan fingerprint density at radius 2 is 2.11 bits per heavy atom. The quantitative estimate of drug-likeness (QED) is 0.852. The zero-order valence-electron chi connectivity index (χ0n) is 11.2. The van der Waals surface area contributed by atoms with Crippen molar-refractivity contribution in [1.29, 1.82) is 0 Å². The van der Waals surface area contributed by atoms with Gasteiger partial charge in [0.05, 0.1) is 0 Å². The number of benzene rings is 1. The van der Waals surface area contributed by atoms with Gasteiger partial charge >= 0.3 is 0 Å². The van der Waals surface area contributed by atoms with Crippen LogP contribution in [0.15, 0.2) is 24.3 Å². The fourth-order valence-corrected chi connectivity index (χ4v) is 2.70. The molecule has 0 bridgehead atoms. The maximum atomic E-state index is 5.89. The molecule has 0 saturated carbocycles. The third-order valence-electron chi connectivity index (χ3n) is 3.68. The van der Waals surface area contributed by atoms with Crippen LogP contribution in [-0.2, 0) is 6.42 Å². The van der Waals surface area contributed by atoms with Gasteiger partial charge in [-0.05, 0) is 56.1 Å². The Bertz CT molecular complexity index is 350. The molecule has 2 nitrogen and oxygen atoms in total. The van der Waals surface area contributed by atoms with E-state index in [0.29, 0.717) is 0 Å². The van der Waals surface area contributed by atoms with Crippen LogP contribution in [0.25, 0.3) is 0 Å². The topological polar surface area (TPSA) is 15.3 Å². The summed E-state index contributed by atoms with van der Waals surface area (Å²) in [6, 6.07) is 8.23. The monoisotopic (exact) mass is 266 g/mol. The number of nitrogens with one attached hydrogen (secondary N) is 1. The van der Waals surface area contributed by atoms with Crippen molar-refractivity contribution in [3.8, 4) is 0 Å². The molecule has 2 rings (SSSR count). The first-order valence-electron chi connectivity index (χ1n) is 6.95. The molecule has 1 aromatic rings. The van der Waals surface area contributed by atoms with Crippen LogP contribution in [0.5, 0.6) is 0 Å². The summed E-state index contributed by atoms with van der Waals surface area (Å²) in [5.41, 5.74) is 1.38. The van der Waals surface area contributed by atoms with E-state index in [1.54, 1.807) is 0 Å². The largest absolute Gasteiger partial charge is 0.317 e. The molecule has 1 atom stereocenters. The summed E-state index contributed by atoms with van der Waals surface area (Å²) in [7, 11) is 0. The summed E-state index contributed by atoms with van der Waals surface area (Å²) in [4.78, 5) is 2.58. The predicted molar refractivity (Wildman–Crippen MR) is 78.2 cm³/mol. The highest BCUT2D eigenvalue weighted by Crippen LogP contribution is 2.16. The molecule has 1 N–H and O–H groups in total. The number of likely N-dealkylation sites (tertiary alicyclic amines) is 1. The zero-order valence-corrected chi connectivity index (χ0v) is 11.9. The molecule has 100 valence electrons. The van der Waals surface area contributed by atoms with E-state index in [0.717, 1.165) is 23.9 Å². The standard InChI is InChI=1S/C15H23ClN2/c1-2-17-11-14-8-10-18(12-14)9-7-13-3-5-15(16)6-4-13/h3-6,14,17H,2,7-12H2,1H3. The molecule has 18 heavy (non-hydrogen) atoms. The molecule has 1 aliphatic heterocycles. The molecule has 3 heteroatoms. The molecule has 1 saturated heterocycles. The molecule has 1 unspecified atom stereocenters. The number of halogens is 1. The zero-order chi connectivity index (χ0) is 12.8. The molecule has 0 aliphatic carbocycles. The van der Waals surface area contributed by atoms with Crippen molar-refractivity contribution in [3.05, 3.63) is 34.9 Å². The lowest BCUT2D eigenvalue weighted by Gasteiger charge is -2.16. The molecule has 1 heterocycles. The number of hydrogen-bond donors (Lipinski definition) is 1. The van der Waals surface area contributed by atoms with Crippen LogP contribution in [0.1, 0.15) is 18.9 Å². The minimum Gasteiger partial charge on any atom is -0.317 e. The van der Waals surface area contributed by atoms with Crippen LogP contribution in [-0.4, -0.2) is 37.6 Å². The maximum absolute atomic E-state index is 5.89. The molecule has 0 spiro atoms. The maximum Gasteiger partial charge on any atom is 0.0406 e. The Kier molecular flexibility index (Phi) is 5.48. The number of nitrogens with zero attached hydrogens (tertiary/aromatic N) is 1. The van der Waals surface area contributed by atoms with E-state index in [4.69, 9.17) is 11.6 Å². The van der Waals surface area contributed by atoms with Crippen molar-refractivity contribution in [1.82, 2.24) is 10.2 Å². The van der Waals surface area contributed by atoms with E-state index in [9.17, 15) is 0 Å². The summed E-state index contributed by atoms with van der Waals surface area (Å²) < 4.78 is 0. The third-order valence-corrected chi connectivity index (χ3v) is 3.93. The van der Waals surface area contributed by atoms with Crippen LogP contribution in [0.2, 0.25) is 5.02 Å². The second kappa shape index (κ2) is 7.13. The first-order valence-corrected chi connectivity index (χ1v) is 7.33. The van der Waals surface area contributed by atoms with E-state index in [-0.39, 0.29) is 0 Å². The summed E-state index contributed by atoms with van der Waals surface area (Å²) in [6.45, 7) is 8.11. The van der Waals surface area contributed by atoms with Gasteiger partial charge in [-0.15, -0.1) is 0 Å². The Morgan fingerprint density at radius 1 is 1.33 bits per heavy atom. The molecule has 0 radical (unpaired) electrons. The average molecular weight is 267 g/mol. The van der Waals surface area contributed by atoms with Gasteiger partial charge in [0.25, 0.3) is 0 Å². The van der Waals surface area contributed by atoms with Crippen molar-refractivity contribution in [3.63, 3.8) is 0 Å². The van der Waals surface area contributed by atoms with Crippen molar-refractivity contribution < 1.29 is 0 Å². The van der Waals surface area contributed by atoms with Gasteiger partial charge in [-0.25, -0.2) is 0 Å². The lowest BCUT2D eigenvalue weighted by atomic mass is 10.1. The molecule has 1 fully saturated rings. The van der Waals surface area contributed by atoms with Crippen LogP contribution in [0.4, 0.5) is 0 Å². The Balaban J connectivity index is 1.70. The smallest absolute Gasteiger partial charge is 0.0406 e. The molecule has 0 aromatic heterocycles. The molecule has 0 amide bonds. The summed E-state index contributed by atoms with van der Waals surface area (Å²) in [5.74, 6) is 0.843. The minimum atomic E-state index is 0.825. The first-order chi connectivity index (χ1) is 8.78. The number of rotatable bonds is 6. The SMILES string of the molecule is CCNCC1CCN(CCc2ccc(Cl)cc2)C1. The normalized spacial score (nSPS) is 20.4. The number of hydrogen-bond acceptors (Lipinski definition) is 2. The van der Waals surface area contributed by atoms with E-state index >= 15 is 0 Å². The van der Waals surface area contributed by atoms with Crippen LogP contribution in [0.3, 0.4) is 0 Å². The molecule has 1 aliphatic rings. The van der Waals surface area contributed by atoms with Gasteiger partial charge in [-0.3, -0.25) is 0 Å². The van der Waals surface area contributed by atoms with Crippen molar-refractivity contribution >= 4 is 11.6 Å². The highest BCUT2D eigenvalue weighted by atomic mass is 35.5. The summed E-state index contributed by atoms with van der Waals surface area (Å²) >= 11 is 5.89. The molecular weight excluding hydrogens is 244 g/mol. The summed E-state index contributed by atoms with van der Waals surface area (Å²) in [5, 5.41) is 4.27. The first kappa shape index (κ1) is 13.9. The summed E-state index contributed by atoms with van der Waals surface area (Å²) in [6.07, 6.45) is 2.47. The Labute approximate surface area is 115 Å². The van der Waals surface area contributed by atoms with E-state index < -0.39 is 0 Å². The lowest BCUT2D eigenvalue weighted by molar-refractivity contribution is 0.326. The second-order valence-electron chi connectivity index (χ2n) is 5.14. The van der Waals surface area contributed by atoms with Crippen LogP contribution in [0, 0.1) is 5.92 Å². The fraction of sp³-hybridized carbons (Fsp3) is 0.600. The van der Waals surface area contributed by atoms with E-state index in [2.05, 4.69) is 29.3 Å². The van der Waals surface area contributed by atoms with Gasteiger partial charge in [0.15, 0.2) is 0 Å². The van der Waals surface area contributed by atoms with Gasteiger partial charge in [-0.2, -0.15) is 0 Å². The highest BCUT2D eigenvalue weighted by Gasteiger charge is 2.21. The third kappa shape index (κ3) is 4.27. The van der Waals surface area contributed by atoms with Crippen LogP contribution >= 0.6 is 11.6 Å². The van der Waals surface area contributed by atoms with Crippen molar-refractivity contribution in [2.45, 2.75) is 19.8 Å². The van der Waals surface area contributed by atoms with Gasteiger partial charge < -0.3 is 10.2 Å². The second-order valence-corrected chi connectivity index (χ2v) is 5.58. The molecule has 1 aromatic carbocycles.